The molecule has 0 aromatic heterocycles. The van der Waals surface area contributed by atoms with E-state index in [2.05, 4.69) is 0 Å². The highest BCUT2D eigenvalue weighted by atomic mass is 32.3. The van der Waals surface area contributed by atoms with E-state index >= 15 is 0 Å². The van der Waals surface area contributed by atoms with Crippen molar-refractivity contribution in [2.75, 3.05) is 0 Å². The Hall–Kier alpha value is -1.24. The summed E-state index contributed by atoms with van der Waals surface area (Å²) in [7, 11) is -5.94. The van der Waals surface area contributed by atoms with Crippen LogP contribution >= 0.6 is 0 Å². The van der Waals surface area contributed by atoms with Crippen molar-refractivity contribution in [3.8, 4) is 0 Å². The van der Waals surface area contributed by atoms with E-state index in [0.29, 0.717) is 0 Å². The van der Waals surface area contributed by atoms with Gasteiger partial charge >= 0.3 is 27.7 Å². The third kappa shape index (κ3) is 4.52. The number of halogens is 4. The molecule has 0 spiro atoms. The van der Waals surface area contributed by atoms with Gasteiger partial charge in [-0.15, -0.1) is 8.28 Å². The monoisotopic (exact) mass is 284 g/mol. The van der Waals surface area contributed by atoms with E-state index in [9.17, 15) is 39.4 Å². The third-order valence-electron chi connectivity index (χ3n) is 0.884. The van der Waals surface area contributed by atoms with Crippen LogP contribution < -0.4 is 10.2 Å². The van der Waals surface area contributed by atoms with E-state index in [1.807, 2.05) is 0 Å². The van der Waals surface area contributed by atoms with Gasteiger partial charge in [0.25, 0.3) is 0 Å². The molecule has 0 aliphatic heterocycles. The standard InChI is InChI=1S/C3H2F4N2O5S2/c4-3(5,1(10)8-15(6)12)2(11)9-16(7,13)14/h(H,8,10)(H,9,11)/p-2. The molecule has 0 heterocycles. The molecule has 0 aliphatic carbocycles. The van der Waals surface area contributed by atoms with Gasteiger partial charge in [-0.2, -0.15) is 25.8 Å². The first-order valence-electron chi connectivity index (χ1n) is 2.91. The maximum Gasteiger partial charge on any atom is 0.417 e. The van der Waals surface area contributed by atoms with Gasteiger partial charge in [-0.25, -0.2) is 0 Å². The van der Waals surface area contributed by atoms with Crippen LogP contribution in [0, 0.1) is 0 Å². The average Bonchev–Trinajstić information content (AvgIpc) is 1.99. The largest absolute Gasteiger partial charge is 0.857 e. The molecule has 0 radical (unpaired) electrons. The highest BCUT2D eigenvalue weighted by Gasteiger charge is 2.32. The third-order valence-corrected chi connectivity index (χ3v) is 1.58. The topological polar surface area (TPSA) is 122 Å². The molecular weight excluding hydrogens is 284 g/mol. The quantitative estimate of drug-likeness (QED) is 0.253. The van der Waals surface area contributed by atoms with Crippen LogP contribution in [0.5, 0.6) is 0 Å². The molecule has 0 aromatic carbocycles. The van der Waals surface area contributed by atoms with Crippen LogP contribution in [0.4, 0.5) is 16.6 Å². The zero-order valence-electron chi connectivity index (χ0n) is 6.76. The van der Waals surface area contributed by atoms with Gasteiger partial charge in [-0.05, 0) is 0 Å². The molecule has 0 bridgehead atoms. The summed E-state index contributed by atoms with van der Waals surface area (Å²) in [5.74, 6) is -11.1. The van der Waals surface area contributed by atoms with Crippen LogP contribution in [0.1, 0.15) is 0 Å². The lowest BCUT2D eigenvalue weighted by Crippen LogP contribution is -2.51. The van der Waals surface area contributed by atoms with Crippen LogP contribution in [0.2, 0.25) is 0 Å². The zero-order chi connectivity index (χ0) is 13.1. The van der Waals surface area contributed by atoms with Crippen molar-refractivity contribution < 1.29 is 39.4 Å². The molecule has 0 saturated heterocycles. The lowest BCUT2D eigenvalue weighted by atomic mass is 10.3. The Balaban J connectivity index is 5.38. The first kappa shape index (κ1) is 14.8. The molecule has 1 atom stereocenters. The summed E-state index contributed by atoms with van der Waals surface area (Å²) in [5, 5.41) is 20.5. The molecule has 0 N–H and O–H groups in total. The van der Waals surface area contributed by atoms with E-state index < -0.39 is 39.5 Å². The van der Waals surface area contributed by atoms with Gasteiger partial charge < -0.3 is 10.2 Å². The van der Waals surface area contributed by atoms with E-state index in [4.69, 9.17) is 0 Å². The smallest absolute Gasteiger partial charge is 0.417 e. The molecule has 0 aromatic rings. The Bertz CT molecular complexity index is 456. The summed E-state index contributed by atoms with van der Waals surface area (Å²) in [5.41, 5.74) is 0. The maximum absolute atomic E-state index is 12.5. The van der Waals surface area contributed by atoms with Crippen molar-refractivity contribution >= 4 is 33.6 Å². The Labute approximate surface area is 88.4 Å². The second-order valence-electron chi connectivity index (χ2n) is 1.99. The highest BCUT2D eigenvalue weighted by molar-refractivity contribution is 7.85. The van der Waals surface area contributed by atoms with Crippen LogP contribution in [-0.2, 0) is 21.8 Å². The van der Waals surface area contributed by atoms with Gasteiger partial charge in [0.15, 0.2) is 0 Å². The van der Waals surface area contributed by atoms with Crippen LogP contribution in [-0.4, -0.2) is 30.3 Å². The van der Waals surface area contributed by atoms with Gasteiger partial charge in [0.2, 0.25) is 0 Å². The van der Waals surface area contributed by atoms with Gasteiger partial charge in [-0.3, -0.25) is 0 Å². The molecular formula is C3F4N2O5S2-2. The predicted octanol–water partition coefficient (Wildman–Crippen LogP) is -2.10. The molecule has 1 unspecified atom stereocenters. The Morgan fingerprint density at radius 1 is 1.25 bits per heavy atom. The number of nitrogens with zero attached hydrogens (tertiary/aromatic N) is 2. The van der Waals surface area contributed by atoms with Gasteiger partial charge in [0, 0.05) is 0 Å². The van der Waals surface area contributed by atoms with Crippen molar-refractivity contribution in [1.82, 2.24) is 0 Å². The normalized spacial score (nSPS) is 17.2. The SMILES string of the molecule is O=S(F)/N=C(\[O-])C(F)(F)/C([O-])=N/S(=O)(=O)F. The molecule has 94 valence electrons. The van der Waals surface area contributed by atoms with E-state index in [1.165, 1.54) is 4.40 Å². The second kappa shape index (κ2) is 4.73. The molecule has 0 aliphatic rings. The molecule has 16 heavy (non-hydrogen) atoms. The first-order chi connectivity index (χ1) is 6.97. The van der Waals surface area contributed by atoms with E-state index in [1.54, 1.807) is 4.40 Å². The number of alkyl halides is 2. The Kier molecular flexibility index (Phi) is 4.36. The summed E-state index contributed by atoms with van der Waals surface area (Å²) in [6.07, 6.45) is 0. The lowest BCUT2D eigenvalue weighted by molar-refractivity contribution is -0.264. The Morgan fingerprint density at radius 2 is 1.69 bits per heavy atom. The first-order valence-corrected chi connectivity index (χ1v) is 5.25. The molecule has 7 nitrogen and oxygen atoms in total. The molecule has 0 amide bonds. The molecule has 0 fully saturated rings. The van der Waals surface area contributed by atoms with E-state index in [-0.39, 0.29) is 0 Å². The van der Waals surface area contributed by atoms with Crippen molar-refractivity contribution in [3.63, 3.8) is 0 Å². The highest BCUT2D eigenvalue weighted by Crippen LogP contribution is 2.15. The lowest BCUT2D eigenvalue weighted by Gasteiger charge is -2.25. The second-order valence-corrected chi connectivity index (χ2v) is 3.59. The van der Waals surface area contributed by atoms with Crippen LogP contribution in [0.15, 0.2) is 8.80 Å². The van der Waals surface area contributed by atoms with Gasteiger partial charge in [-0.1, -0.05) is 3.89 Å². The fourth-order valence-electron chi connectivity index (χ4n) is 0.370. The fourth-order valence-corrected chi connectivity index (χ4v) is 0.928. The van der Waals surface area contributed by atoms with Crippen molar-refractivity contribution in [1.29, 1.82) is 0 Å². The average molecular weight is 284 g/mol. The summed E-state index contributed by atoms with van der Waals surface area (Å²) in [4.78, 5) is 0. The van der Waals surface area contributed by atoms with Crippen molar-refractivity contribution in [3.05, 3.63) is 0 Å². The number of rotatable bonds is 4. The summed E-state index contributed by atoms with van der Waals surface area (Å²) in [6.45, 7) is 0. The summed E-state index contributed by atoms with van der Waals surface area (Å²) >= 11 is -3.82. The minimum absolute atomic E-state index is 1.32. The van der Waals surface area contributed by atoms with Gasteiger partial charge in [0.05, 0.1) is 11.8 Å². The minimum atomic E-state index is -5.94. The van der Waals surface area contributed by atoms with Crippen molar-refractivity contribution in [2.24, 2.45) is 8.80 Å². The number of hydrogen-bond donors (Lipinski definition) is 0. The van der Waals surface area contributed by atoms with E-state index in [0.717, 1.165) is 0 Å². The molecule has 0 saturated carbocycles. The summed E-state index contributed by atoms with van der Waals surface area (Å²) in [6, 6.07) is 0. The molecule has 13 heteroatoms. The summed E-state index contributed by atoms with van der Waals surface area (Å²) < 4.78 is 80.0. The Morgan fingerprint density at radius 3 is 2.00 bits per heavy atom. The minimum Gasteiger partial charge on any atom is -0.857 e. The molecule has 0 rings (SSSR count). The van der Waals surface area contributed by atoms with Crippen LogP contribution in [0.3, 0.4) is 0 Å². The van der Waals surface area contributed by atoms with Crippen molar-refractivity contribution in [2.45, 2.75) is 5.92 Å². The zero-order valence-corrected chi connectivity index (χ0v) is 8.40. The predicted molar refractivity (Wildman–Crippen MR) is 39.1 cm³/mol. The fraction of sp³-hybridized carbons (Fsp3) is 0.333. The number of hydrogen-bond acceptors (Lipinski definition) is 5. The van der Waals surface area contributed by atoms with Crippen LogP contribution in [0.25, 0.3) is 0 Å². The van der Waals surface area contributed by atoms with Gasteiger partial charge in [0.1, 0.15) is 0 Å². The maximum atomic E-state index is 12.5.